The first kappa shape index (κ1) is 18.5. The van der Waals surface area contributed by atoms with Crippen LogP contribution in [0.25, 0.3) is 0 Å². The molecule has 1 aliphatic rings. The minimum Gasteiger partial charge on any atom is -0.452 e. The Labute approximate surface area is 157 Å². The van der Waals surface area contributed by atoms with Crippen LogP contribution in [0.3, 0.4) is 0 Å². The number of esters is 1. The van der Waals surface area contributed by atoms with Crippen molar-refractivity contribution >= 4 is 23.5 Å². The van der Waals surface area contributed by atoms with Crippen molar-refractivity contribution in [3.63, 3.8) is 0 Å². The van der Waals surface area contributed by atoms with E-state index in [9.17, 15) is 9.59 Å². The molecule has 0 radical (unpaired) electrons. The van der Waals surface area contributed by atoms with Gasteiger partial charge in [-0.05, 0) is 24.5 Å². The molecule has 0 atom stereocenters. The molecule has 7 heteroatoms. The summed E-state index contributed by atoms with van der Waals surface area (Å²) >= 11 is 6.14. The smallest absolute Gasteiger partial charge is 0.341 e. The Morgan fingerprint density at radius 2 is 1.85 bits per heavy atom. The topological polar surface area (TPSA) is 64.4 Å². The van der Waals surface area contributed by atoms with Crippen molar-refractivity contribution in [2.24, 2.45) is 0 Å². The van der Waals surface area contributed by atoms with Crippen LogP contribution in [0.1, 0.15) is 41.6 Å². The molecule has 1 aliphatic heterocycles. The van der Waals surface area contributed by atoms with E-state index < -0.39 is 5.97 Å². The molecule has 1 aromatic carbocycles. The van der Waals surface area contributed by atoms with Gasteiger partial charge in [-0.15, -0.1) is 0 Å². The number of likely N-dealkylation sites (tertiary alicyclic amines) is 1. The van der Waals surface area contributed by atoms with E-state index >= 15 is 0 Å². The summed E-state index contributed by atoms with van der Waals surface area (Å²) in [6.07, 6.45) is 7.35. The molecule has 1 amide bonds. The lowest BCUT2D eigenvalue weighted by atomic mass is 10.2. The van der Waals surface area contributed by atoms with Gasteiger partial charge in [-0.1, -0.05) is 42.6 Å². The highest BCUT2D eigenvalue weighted by Gasteiger charge is 2.18. The third-order valence-electron chi connectivity index (χ3n) is 4.44. The lowest BCUT2D eigenvalue weighted by molar-refractivity contribution is -0.134. The summed E-state index contributed by atoms with van der Waals surface area (Å²) in [5.74, 6) is -0.678. The van der Waals surface area contributed by atoms with Gasteiger partial charge in [0.25, 0.3) is 5.91 Å². The number of halogens is 1. The average molecular weight is 376 g/mol. The van der Waals surface area contributed by atoms with E-state index in [1.807, 2.05) is 24.3 Å². The standard InChI is InChI=1S/C19H22ClN3O3/c20-17-8-4-3-7-15(17)12-23-13-16(11-21-23)19(25)26-14-18(24)22-9-5-1-2-6-10-22/h3-4,7-8,11,13H,1-2,5-6,9-10,12,14H2. The molecule has 0 bridgehead atoms. The van der Waals surface area contributed by atoms with Crippen molar-refractivity contribution in [3.05, 3.63) is 52.8 Å². The zero-order chi connectivity index (χ0) is 18.4. The lowest BCUT2D eigenvalue weighted by Crippen LogP contribution is -2.35. The second kappa shape index (κ2) is 8.85. The number of carbonyl (C=O) groups is 2. The van der Waals surface area contributed by atoms with Gasteiger partial charge < -0.3 is 9.64 Å². The molecular weight excluding hydrogens is 354 g/mol. The first-order valence-electron chi connectivity index (χ1n) is 8.84. The number of hydrogen-bond donors (Lipinski definition) is 0. The maximum atomic E-state index is 12.2. The SMILES string of the molecule is O=C(OCC(=O)N1CCCCCC1)c1cnn(Cc2ccccc2Cl)c1. The molecule has 0 aliphatic carbocycles. The molecule has 1 saturated heterocycles. The van der Waals surface area contributed by atoms with Crippen LogP contribution in [0.2, 0.25) is 5.02 Å². The van der Waals surface area contributed by atoms with Crippen LogP contribution in [-0.4, -0.2) is 46.3 Å². The van der Waals surface area contributed by atoms with Crippen molar-refractivity contribution in [2.45, 2.75) is 32.2 Å². The highest BCUT2D eigenvalue weighted by Crippen LogP contribution is 2.16. The van der Waals surface area contributed by atoms with Crippen LogP contribution in [0, 0.1) is 0 Å². The molecule has 0 unspecified atom stereocenters. The molecule has 138 valence electrons. The second-order valence-electron chi connectivity index (χ2n) is 6.39. The number of rotatable bonds is 5. The summed E-state index contributed by atoms with van der Waals surface area (Å²) in [6, 6.07) is 7.47. The van der Waals surface area contributed by atoms with Gasteiger partial charge in [0.15, 0.2) is 6.61 Å². The molecule has 2 aromatic rings. The van der Waals surface area contributed by atoms with E-state index in [0.717, 1.165) is 44.3 Å². The Hall–Kier alpha value is -2.34. The first-order chi connectivity index (χ1) is 12.6. The van der Waals surface area contributed by atoms with Gasteiger partial charge in [0.05, 0.1) is 18.3 Å². The van der Waals surface area contributed by atoms with E-state index in [2.05, 4.69) is 5.10 Å². The van der Waals surface area contributed by atoms with E-state index in [4.69, 9.17) is 16.3 Å². The van der Waals surface area contributed by atoms with Gasteiger partial charge in [0.2, 0.25) is 0 Å². The minimum atomic E-state index is -0.543. The van der Waals surface area contributed by atoms with Gasteiger partial charge in [-0.25, -0.2) is 4.79 Å². The largest absolute Gasteiger partial charge is 0.452 e. The number of nitrogens with zero attached hydrogens (tertiary/aromatic N) is 3. The third-order valence-corrected chi connectivity index (χ3v) is 4.81. The number of aromatic nitrogens is 2. The highest BCUT2D eigenvalue weighted by molar-refractivity contribution is 6.31. The maximum Gasteiger partial charge on any atom is 0.341 e. The van der Waals surface area contributed by atoms with Crippen LogP contribution in [0.4, 0.5) is 0 Å². The van der Waals surface area contributed by atoms with Gasteiger partial charge in [0, 0.05) is 24.3 Å². The van der Waals surface area contributed by atoms with Crippen molar-refractivity contribution in [1.82, 2.24) is 14.7 Å². The second-order valence-corrected chi connectivity index (χ2v) is 6.80. The minimum absolute atomic E-state index is 0.135. The Kier molecular flexibility index (Phi) is 6.28. The molecule has 1 fully saturated rings. The summed E-state index contributed by atoms with van der Waals surface area (Å²) in [4.78, 5) is 26.1. The van der Waals surface area contributed by atoms with Gasteiger partial charge in [0.1, 0.15) is 0 Å². The number of ether oxygens (including phenoxy) is 1. The van der Waals surface area contributed by atoms with Crippen LogP contribution in [0.15, 0.2) is 36.7 Å². The molecule has 0 saturated carbocycles. The van der Waals surface area contributed by atoms with Crippen LogP contribution < -0.4 is 0 Å². The monoisotopic (exact) mass is 375 g/mol. The Bertz CT molecular complexity index is 767. The molecule has 0 spiro atoms. The fourth-order valence-corrected chi connectivity index (χ4v) is 3.17. The first-order valence-corrected chi connectivity index (χ1v) is 9.22. The molecule has 1 aromatic heterocycles. The number of hydrogen-bond acceptors (Lipinski definition) is 4. The van der Waals surface area contributed by atoms with Crippen LogP contribution in [-0.2, 0) is 16.1 Å². The maximum absolute atomic E-state index is 12.2. The lowest BCUT2D eigenvalue weighted by Gasteiger charge is -2.19. The zero-order valence-electron chi connectivity index (χ0n) is 14.6. The van der Waals surface area contributed by atoms with E-state index in [0.29, 0.717) is 17.1 Å². The third kappa shape index (κ3) is 4.85. The molecule has 3 rings (SSSR count). The molecule has 2 heterocycles. The normalized spacial score (nSPS) is 14.7. The van der Waals surface area contributed by atoms with Crippen molar-refractivity contribution in [1.29, 1.82) is 0 Å². The van der Waals surface area contributed by atoms with E-state index in [1.165, 1.54) is 6.20 Å². The Morgan fingerprint density at radius 1 is 1.12 bits per heavy atom. The Balaban J connectivity index is 1.53. The number of amides is 1. The van der Waals surface area contributed by atoms with Gasteiger partial charge in [-0.2, -0.15) is 5.10 Å². The summed E-state index contributed by atoms with van der Waals surface area (Å²) in [5, 5.41) is 4.81. The van der Waals surface area contributed by atoms with Crippen LogP contribution >= 0.6 is 11.6 Å². The highest BCUT2D eigenvalue weighted by atomic mass is 35.5. The quantitative estimate of drug-likeness (QED) is 0.753. The van der Waals surface area contributed by atoms with Crippen molar-refractivity contribution in [2.75, 3.05) is 19.7 Å². The van der Waals surface area contributed by atoms with E-state index in [1.54, 1.807) is 15.8 Å². The average Bonchev–Trinajstić information content (AvgIpc) is 2.94. The molecule has 6 nitrogen and oxygen atoms in total. The Morgan fingerprint density at radius 3 is 2.58 bits per heavy atom. The molecular formula is C19H22ClN3O3. The predicted octanol–water partition coefficient (Wildman–Crippen LogP) is 3.14. The number of carbonyl (C=O) groups excluding carboxylic acids is 2. The molecule has 0 N–H and O–H groups in total. The summed E-state index contributed by atoms with van der Waals surface area (Å²) < 4.78 is 6.78. The zero-order valence-corrected chi connectivity index (χ0v) is 15.3. The molecule has 26 heavy (non-hydrogen) atoms. The summed E-state index contributed by atoms with van der Waals surface area (Å²) in [7, 11) is 0. The van der Waals surface area contributed by atoms with E-state index in [-0.39, 0.29) is 12.5 Å². The van der Waals surface area contributed by atoms with Gasteiger partial charge >= 0.3 is 5.97 Å². The summed E-state index contributed by atoms with van der Waals surface area (Å²) in [5.41, 5.74) is 1.23. The fraction of sp³-hybridized carbons (Fsp3) is 0.421. The van der Waals surface area contributed by atoms with Crippen molar-refractivity contribution < 1.29 is 14.3 Å². The fourth-order valence-electron chi connectivity index (χ4n) is 2.98. The predicted molar refractivity (Wildman–Crippen MR) is 98.1 cm³/mol. The van der Waals surface area contributed by atoms with Crippen molar-refractivity contribution in [3.8, 4) is 0 Å². The van der Waals surface area contributed by atoms with Gasteiger partial charge in [-0.3, -0.25) is 9.48 Å². The summed E-state index contributed by atoms with van der Waals surface area (Å²) in [6.45, 7) is 1.71. The van der Waals surface area contributed by atoms with Crippen LogP contribution in [0.5, 0.6) is 0 Å². The number of benzene rings is 1.